The van der Waals surface area contributed by atoms with Crippen molar-refractivity contribution in [3.8, 4) is 5.75 Å². The Morgan fingerprint density at radius 1 is 1.00 bits per heavy atom. The van der Waals surface area contributed by atoms with Gasteiger partial charge in [-0.05, 0) is 60.7 Å². The Labute approximate surface area is 218 Å². The van der Waals surface area contributed by atoms with Gasteiger partial charge < -0.3 is 20.5 Å². The van der Waals surface area contributed by atoms with E-state index in [0.717, 1.165) is 11.1 Å². The van der Waals surface area contributed by atoms with Crippen molar-refractivity contribution in [3.05, 3.63) is 95.6 Å². The summed E-state index contributed by atoms with van der Waals surface area (Å²) >= 11 is 0. The van der Waals surface area contributed by atoms with Crippen LogP contribution < -0.4 is 20.5 Å². The van der Waals surface area contributed by atoms with Gasteiger partial charge in [-0.25, -0.2) is 8.42 Å². The van der Waals surface area contributed by atoms with Crippen molar-refractivity contribution >= 4 is 21.6 Å². The topological polar surface area (TPSA) is 120 Å². The van der Waals surface area contributed by atoms with Gasteiger partial charge in [0.15, 0.2) is 0 Å². The summed E-state index contributed by atoms with van der Waals surface area (Å²) in [6, 6.07) is 22.7. The van der Waals surface area contributed by atoms with Crippen LogP contribution in [-0.2, 0) is 32.7 Å². The first-order valence-electron chi connectivity index (χ1n) is 12.4. The number of anilines is 1. The monoisotopic (exact) mass is 523 g/mol. The molecule has 1 atom stereocenters. The number of carbonyl (C=O) groups is 1. The van der Waals surface area contributed by atoms with E-state index in [1.165, 1.54) is 0 Å². The number of nitrogens with two attached hydrogens (primary N) is 1. The summed E-state index contributed by atoms with van der Waals surface area (Å²) in [5.74, 6) is 0.125. The van der Waals surface area contributed by atoms with Crippen molar-refractivity contribution in [2.45, 2.75) is 50.3 Å². The van der Waals surface area contributed by atoms with Gasteiger partial charge in [0.1, 0.15) is 18.4 Å². The van der Waals surface area contributed by atoms with E-state index in [2.05, 4.69) is 10.0 Å². The van der Waals surface area contributed by atoms with Gasteiger partial charge in [-0.1, -0.05) is 54.6 Å². The largest absolute Gasteiger partial charge is 0.489 e. The van der Waals surface area contributed by atoms with Crippen LogP contribution in [0.25, 0.3) is 0 Å². The lowest BCUT2D eigenvalue weighted by Gasteiger charge is -2.35. The zero-order valence-corrected chi connectivity index (χ0v) is 21.6. The van der Waals surface area contributed by atoms with Crippen molar-refractivity contribution in [1.29, 1.82) is 0 Å². The number of sulfonamides is 1. The molecule has 1 aliphatic rings. The van der Waals surface area contributed by atoms with Gasteiger partial charge >= 0.3 is 0 Å². The summed E-state index contributed by atoms with van der Waals surface area (Å²) in [7, 11) is -3.77. The van der Waals surface area contributed by atoms with Crippen LogP contribution in [0.2, 0.25) is 0 Å². The molecule has 0 aliphatic heterocycles. The Kier molecular flexibility index (Phi) is 8.94. The minimum absolute atomic E-state index is 0.0705. The van der Waals surface area contributed by atoms with Gasteiger partial charge in [0, 0.05) is 18.8 Å². The van der Waals surface area contributed by atoms with E-state index in [-0.39, 0.29) is 6.10 Å². The maximum absolute atomic E-state index is 13.4. The number of hydrogen-bond donors (Lipinski definition) is 3. The van der Waals surface area contributed by atoms with E-state index < -0.39 is 27.2 Å². The molecule has 8 nitrogen and oxygen atoms in total. The van der Waals surface area contributed by atoms with Crippen LogP contribution in [-0.4, -0.2) is 32.3 Å². The van der Waals surface area contributed by atoms with Gasteiger partial charge in [-0.15, -0.1) is 0 Å². The fraction of sp³-hybridized carbons (Fsp3) is 0.321. The Morgan fingerprint density at radius 3 is 2.38 bits per heavy atom. The second-order valence-corrected chi connectivity index (χ2v) is 11.0. The molecule has 1 aliphatic carbocycles. The summed E-state index contributed by atoms with van der Waals surface area (Å²) in [5, 5.41) is 2.22. The molecule has 37 heavy (non-hydrogen) atoms. The molecule has 0 spiro atoms. The number of nitrogens with one attached hydrogen (secondary N) is 2. The first-order chi connectivity index (χ1) is 17.9. The van der Waals surface area contributed by atoms with E-state index in [4.69, 9.17) is 15.2 Å². The quantitative estimate of drug-likeness (QED) is 0.331. The van der Waals surface area contributed by atoms with Gasteiger partial charge in [0.2, 0.25) is 15.9 Å². The first kappa shape index (κ1) is 26.8. The molecule has 0 unspecified atom stereocenters. The number of amides is 1. The molecule has 1 saturated carbocycles. The number of rotatable bonds is 12. The zero-order chi connectivity index (χ0) is 26.3. The van der Waals surface area contributed by atoms with Crippen LogP contribution in [0.3, 0.4) is 0 Å². The Hall–Kier alpha value is -3.24. The highest BCUT2D eigenvalue weighted by molar-refractivity contribution is 7.90. The van der Waals surface area contributed by atoms with Crippen LogP contribution >= 0.6 is 0 Å². The summed E-state index contributed by atoms with van der Waals surface area (Å²) < 4.78 is 40.3. The number of benzene rings is 3. The lowest BCUT2D eigenvalue weighted by atomic mass is 9.95. The lowest BCUT2D eigenvalue weighted by Crippen LogP contribution is -2.48. The molecule has 0 saturated heterocycles. The number of carbonyl (C=O) groups excluding carboxylic acids is 1. The standard InChI is InChI=1S/C28H33N3O5S/c1-2-35-25-16-26(17-25)37(33,34)31-27(28(32)30-23-10-6-9-21(15-23)18-29)22-11-13-24(14-12-22)36-19-20-7-4-3-5-8-20/h3-15,25-27,31H,2,16-19,29H2,1H3,(H,30,32)/t25?,26?,27-/m0/s1. The Morgan fingerprint density at radius 2 is 1.70 bits per heavy atom. The molecular weight excluding hydrogens is 490 g/mol. The molecule has 1 fully saturated rings. The molecule has 0 radical (unpaired) electrons. The average Bonchev–Trinajstić information content (AvgIpc) is 2.89. The minimum atomic E-state index is -3.77. The van der Waals surface area contributed by atoms with Gasteiger partial charge in [-0.2, -0.15) is 4.72 Å². The molecule has 4 N–H and O–H groups in total. The third kappa shape index (κ3) is 7.17. The van der Waals surface area contributed by atoms with Crippen molar-refractivity contribution in [3.63, 3.8) is 0 Å². The van der Waals surface area contributed by atoms with E-state index >= 15 is 0 Å². The minimum Gasteiger partial charge on any atom is -0.489 e. The van der Waals surface area contributed by atoms with Crippen LogP contribution in [0.15, 0.2) is 78.9 Å². The van der Waals surface area contributed by atoms with Crippen LogP contribution in [0, 0.1) is 0 Å². The zero-order valence-electron chi connectivity index (χ0n) is 20.8. The van der Waals surface area contributed by atoms with Gasteiger partial charge in [0.05, 0.1) is 11.4 Å². The molecular formula is C28H33N3O5S. The number of hydrogen-bond acceptors (Lipinski definition) is 6. The highest BCUT2D eigenvalue weighted by atomic mass is 32.2. The molecule has 0 aromatic heterocycles. The van der Waals surface area contributed by atoms with Crippen molar-refractivity contribution in [2.24, 2.45) is 5.73 Å². The van der Waals surface area contributed by atoms with E-state index in [1.807, 2.05) is 43.3 Å². The summed E-state index contributed by atoms with van der Waals surface area (Å²) in [5.41, 5.74) is 8.65. The molecule has 0 heterocycles. The Balaban J connectivity index is 1.51. The molecule has 0 bridgehead atoms. The fourth-order valence-electron chi connectivity index (χ4n) is 4.16. The molecule has 1 amide bonds. The predicted octanol–water partition coefficient (Wildman–Crippen LogP) is 3.89. The maximum atomic E-state index is 13.4. The highest BCUT2D eigenvalue weighted by Crippen LogP contribution is 2.31. The second-order valence-electron chi connectivity index (χ2n) is 9.00. The van der Waals surface area contributed by atoms with Crippen molar-refractivity contribution in [2.75, 3.05) is 11.9 Å². The maximum Gasteiger partial charge on any atom is 0.247 e. The fourth-order valence-corrected chi connectivity index (χ4v) is 5.86. The van der Waals surface area contributed by atoms with E-state index in [1.54, 1.807) is 42.5 Å². The van der Waals surface area contributed by atoms with Crippen LogP contribution in [0.1, 0.15) is 42.5 Å². The average molecular weight is 524 g/mol. The summed E-state index contributed by atoms with van der Waals surface area (Å²) in [4.78, 5) is 13.4. The van der Waals surface area contributed by atoms with Crippen molar-refractivity contribution in [1.82, 2.24) is 4.72 Å². The van der Waals surface area contributed by atoms with Crippen LogP contribution in [0.5, 0.6) is 5.75 Å². The second kappa shape index (κ2) is 12.3. The molecule has 9 heteroatoms. The smallest absolute Gasteiger partial charge is 0.247 e. The lowest BCUT2D eigenvalue weighted by molar-refractivity contribution is -0.117. The van der Waals surface area contributed by atoms with Gasteiger partial charge in [0.25, 0.3) is 0 Å². The SMILES string of the molecule is CCOC1CC(S(=O)(=O)N[C@H](C(=O)Nc2cccc(CN)c2)c2ccc(OCc3ccccc3)cc2)C1. The van der Waals surface area contributed by atoms with E-state index in [0.29, 0.717) is 49.6 Å². The summed E-state index contributed by atoms with van der Waals surface area (Å²) in [6.45, 7) is 3.15. The van der Waals surface area contributed by atoms with E-state index in [9.17, 15) is 13.2 Å². The summed E-state index contributed by atoms with van der Waals surface area (Å²) in [6.07, 6.45) is 0.740. The third-order valence-corrected chi connectivity index (χ3v) is 8.16. The first-order valence-corrected chi connectivity index (χ1v) is 13.9. The molecule has 4 rings (SSSR count). The molecule has 3 aromatic carbocycles. The number of ether oxygens (including phenoxy) is 2. The molecule has 3 aromatic rings. The normalized spacial score (nSPS) is 18.0. The Bertz CT molecular complexity index is 1280. The molecule has 196 valence electrons. The highest BCUT2D eigenvalue weighted by Gasteiger charge is 2.41. The third-order valence-electron chi connectivity index (χ3n) is 6.33. The van der Waals surface area contributed by atoms with Crippen LogP contribution in [0.4, 0.5) is 5.69 Å². The predicted molar refractivity (Wildman–Crippen MR) is 143 cm³/mol. The van der Waals surface area contributed by atoms with Crippen molar-refractivity contribution < 1.29 is 22.7 Å². The van der Waals surface area contributed by atoms with Gasteiger partial charge in [-0.3, -0.25) is 4.79 Å².